The maximum absolute atomic E-state index is 10.4. The monoisotopic (exact) mass is 394 g/mol. The predicted octanol–water partition coefficient (Wildman–Crippen LogP) is -0.381. The van der Waals surface area contributed by atoms with E-state index in [2.05, 4.69) is 0 Å². The molecule has 0 radical (unpaired) electrons. The van der Waals surface area contributed by atoms with E-state index in [1.807, 2.05) is 0 Å². The van der Waals surface area contributed by atoms with Gasteiger partial charge in [-0.2, -0.15) is 0 Å². The second kappa shape index (κ2) is 7.86. The van der Waals surface area contributed by atoms with Crippen LogP contribution in [0.25, 0.3) is 0 Å². The molecule has 2 fully saturated rings. The highest BCUT2D eigenvalue weighted by Crippen LogP contribution is 2.40. The molecule has 0 saturated carbocycles. The molecule has 0 aromatic heterocycles. The molecule has 2 heterocycles. The van der Waals surface area contributed by atoms with E-state index in [0.717, 1.165) is 0 Å². The Hall–Kier alpha value is 0.590. The van der Waals surface area contributed by atoms with Crippen molar-refractivity contribution in [1.29, 1.82) is 0 Å². The van der Waals surface area contributed by atoms with Gasteiger partial charge in [0.15, 0.2) is 6.29 Å². The van der Waals surface area contributed by atoms with E-state index in [9.17, 15) is 20.4 Å². The Balaban J connectivity index is 2.18. The molecule has 0 bridgehead atoms. The summed E-state index contributed by atoms with van der Waals surface area (Å²) in [5.74, 6) is -2.13. The van der Waals surface area contributed by atoms with Crippen LogP contribution in [0.1, 0.15) is 6.92 Å². The van der Waals surface area contributed by atoms with Crippen molar-refractivity contribution in [1.82, 2.24) is 0 Å². The minimum atomic E-state index is -1.65. The molecule has 4 N–H and O–H groups in total. The molecule has 2 rings (SSSR count). The quantitative estimate of drug-likeness (QED) is 0.470. The lowest BCUT2D eigenvalue weighted by Gasteiger charge is -2.43. The lowest BCUT2D eigenvalue weighted by molar-refractivity contribution is -0.357. The molecule has 0 aromatic rings. The summed E-state index contributed by atoms with van der Waals surface area (Å²) in [5, 5.41) is 38.7. The average molecular weight is 396 g/mol. The van der Waals surface area contributed by atoms with Crippen molar-refractivity contribution >= 4 is 34.8 Å². The topological polar surface area (TPSA) is 109 Å². The zero-order chi connectivity index (χ0) is 17.4. The molecule has 0 spiro atoms. The molecule has 136 valence electrons. The van der Waals surface area contributed by atoms with Crippen molar-refractivity contribution in [2.24, 2.45) is 5.92 Å². The molecule has 2 aliphatic rings. The van der Waals surface area contributed by atoms with Gasteiger partial charge in [0.1, 0.15) is 24.4 Å². The van der Waals surface area contributed by atoms with Crippen molar-refractivity contribution in [3.05, 3.63) is 0 Å². The van der Waals surface area contributed by atoms with Crippen LogP contribution in [0.4, 0.5) is 0 Å². The molecule has 0 amide bonds. The molecule has 23 heavy (non-hydrogen) atoms. The summed E-state index contributed by atoms with van der Waals surface area (Å²) in [4.78, 5) is 0. The first-order valence-electron chi connectivity index (χ1n) is 7.23. The van der Waals surface area contributed by atoms with Gasteiger partial charge < -0.3 is 34.6 Å². The van der Waals surface area contributed by atoms with E-state index in [1.165, 1.54) is 0 Å². The lowest BCUT2D eigenvalue weighted by Crippen LogP contribution is -2.61. The standard InChI is InChI=1S/C13H21Cl3O7/c1-5-6(2-14)22-13(4-15,11(5)20)23-12-10(19)9(18)8(16)7(3-17)21-12/h5-12,17-20H,2-4H2,1H3/t5-,6-,7-,8+,9+,10-,11+,12-,13+/m1/s1. The van der Waals surface area contributed by atoms with E-state index in [-0.39, 0.29) is 17.7 Å². The molecule has 0 aromatic carbocycles. The van der Waals surface area contributed by atoms with Crippen LogP contribution in [0.2, 0.25) is 0 Å². The molecule has 7 nitrogen and oxygen atoms in total. The maximum atomic E-state index is 10.4. The van der Waals surface area contributed by atoms with E-state index in [1.54, 1.807) is 6.92 Å². The Bertz CT molecular complexity index is 402. The van der Waals surface area contributed by atoms with Crippen molar-refractivity contribution in [2.75, 3.05) is 18.4 Å². The fraction of sp³-hybridized carbons (Fsp3) is 1.00. The summed E-state index contributed by atoms with van der Waals surface area (Å²) in [6.07, 6.45) is -6.83. The smallest absolute Gasteiger partial charge is 0.211 e. The summed E-state index contributed by atoms with van der Waals surface area (Å²) in [5.41, 5.74) is 0. The minimum Gasteiger partial charge on any atom is -0.394 e. The van der Waals surface area contributed by atoms with Crippen LogP contribution in [0.15, 0.2) is 0 Å². The van der Waals surface area contributed by atoms with Crippen molar-refractivity contribution in [2.45, 2.75) is 54.9 Å². The highest BCUT2D eigenvalue weighted by molar-refractivity contribution is 6.21. The summed E-state index contributed by atoms with van der Waals surface area (Å²) < 4.78 is 16.6. The van der Waals surface area contributed by atoms with Crippen LogP contribution in [0.3, 0.4) is 0 Å². The van der Waals surface area contributed by atoms with Crippen LogP contribution >= 0.6 is 34.8 Å². The van der Waals surface area contributed by atoms with Gasteiger partial charge in [-0.05, 0) is 0 Å². The zero-order valence-corrected chi connectivity index (χ0v) is 14.7. The van der Waals surface area contributed by atoms with Gasteiger partial charge >= 0.3 is 0 Å². The van der Waals surface area contributed by atoms with E-state index in [0.29, 0.717) is 0 Å². The molecule has 2 aliphatic heterocycles. The number of rotatable bonds is 5. The molecular weight excluding hydrogens is 374 g/mol. The van der Waals surface area contributed by atoms with Crippen molar-refractivity contribution in [3.63, 3.8) is 0 Å². The number of halogens is 3. The second-order valence-electron chi connectivity index (χ2n) is 5.83. The van der Waals surface area contributed by atoms with Gasteiger partial charge in [-0.3, -0.25) is 0 Å². The van der Waals surface area contributed by atoms with E-state index >= 15 is 0 Å². The summed E-state index contributed by atoms with van der Waals surface area (Å²) in [6, 6.07) is 0. The number of aliphatic hydroxyl groups excluding tert-OH is 4. The van der Waals surface area contributed by atoms with Crippen LogP contribution in [0, 0.1) is 5.92 Å². The van der Waals surface area contributed by atoms with Crippen LogP contribution in [-0.4, -0.2) is 86.8 Å². The van der Waals surface area contributed by atoms with Crippen LogP contribution < -0.4 is 0 Å². The van der Waals surface area contributed by atoms with Crippen molar-refractivity contribution < 1.29 is 34.6 Å². The fourth-order valence-corrected chi connectivity index (χ4v) is 3.70. The number of aliphatic hydroxyl groups is 4. The highest BCUT2D eigenvalue weighted by atomic mass is 35.5. The van der Waals surface area contributed by atoms with Gasteiger partial charge in [0.2, 0.25) is 5.79 Å². The third-order valence-corrected chi connectivity index (χ3v) is 5.55. The Morgan fingerprint density at radius 1 is 1.13 bits per heavy atom. The number of alkyl halides is 3. The van der Waals surface area contributed by atoms with Gasteiger partial charge in [-0.25, -0.2) is 0 Å². The molecular formula is C13H21Cl3O7. The first kappa shape index (κ1) is 19.9. The largest absolute Gasteiger partial charge is 0.394 e. The SMILES string of the molecule is C[C@@H]1[C@@H](CCl)O[C@@](CCl)(O[C@H]2O[C@H](CO)[C@H](Cl)[C@H](O)[C@H]2O)[C@H]1O. The van der Waals surface area contributed by atoms with Gasteiger partial charge in [0, 0.05) is 11.8 Å². The Morgan fingerprint density at radius 2 is 1.78 bits per heavy atom. The van der Waals surface area contributed by atoms with Gasteiger partial charge in [0.25, 0.3) is 0 Å². The van der Waals surface area contributed by atoms with Gasteiger partial charge in [0.05, 0.1) is 24.0 Å². The molecule has 9 atom stereocenters. The Kier molecular flexibility index (Phi) is 6.81. The minimum absolute atomic E-state index is 0.125. The number of ether oxygens (including phenoxy) is 3. The molecule has 0 unspecified atom stereocenters. The maximum Gasteiger partial charge on any atom is 0.211 e. The third-order valence-electron chi connectivity index (χ3n) is 4.34. The highest BCUT2D eigenvalue weighted by Gasteiger charge is 2.56. The lowest BCUT2D eigenvalue weighted by atomic mass is 9.97. The summed E-state index contributed by atoms with van der Waals surface area (Å²) in [6.45, 7) is 1.25. The number of hydrogen-bond donors (Lipinski definition) is 4. The van der Waals surface area contributed by atoms with Gasteiger partial charge in [-0.15, -0.1) is 34.8 Å². The molecule has 2 saturated heterocycles. The Morgan fingerprint density at radius 3 is 2.26 bits per heavy atom. The average Bonchev–Trinajstić information content (AvgIpc) is 2.80. The Labute approximate surface area is 149 Å². The molecule has 10 heteroatoms. The van der Waals surface area contributed by atoms with Crippen molar-refractivity contribution in [3.8, 4) is 0 Å². The second-order valence-corrected chi connectivity index (χ2v) is 6.91. The van der Waals surface area contributed by atoms with E-state index in [4.69, 9.17) is 49.0 Å². The first-order chi connectivity index (χ1) is 10.8. The number of hydrogen-bond acceptors (Lipinski definition) is 7. The molecule has 0 aliphatic carbocycles. The van der Waals surface area contributed by atoms with E-state index < -0.39 is 54.6 Å². The van der Waals surface area contributed by atoms with Crippen LogP contribution in [0.5, 0.6) is 0 Å². The fourth-order valence-electron chi connectivity index (χ4n) is 2.78. The first-order valence-corrected chi connectivity index (χ1v) is 8.74. The summed E-state index contributed by atoms with van der Waals surface area (Å²) >= 11 is 17.6. The predicted molar refractivity (Wildman–Crippen MR) is 82.7 cm³/mol. The summed E-state index contributed by atoms with van der Waals surface area (Å²) in [7, 11) is 0. The third kappa shape index (κ3) is 3.60. The normalized spacial score (nSPS) is 51.1. The van der Waals surface area contributed by atoms with Gasteiger partial charge in [-0.1, -0.05) is 6.92 Å². The van der Waals surface area contributed by atoms with Crippen LogP contribution in [-0.2, 0) is 14.2 Å². The zero-order valence-electron chi connectivity index (χ0n) is 12.4.